The molecular weight excluding hydrogens is 503 g/mol. The summed E-state index contributed by atoms with van der Waals surface area (Å²) >= 11 is 0. The minimum Gasteiger partial charge on any atom is -0.357 e. The molecule has 0 unspecified atom stereocenters. The molecule has 0 amide bonds. The average molecular weight is 541 g/mol. The van der Waals surface area contributed by atoms with Gasteiger partial charge >= 0.3 is 0 Å². The highest BCUT2D eigenvalue weighted by atomic mass is 127. The first kappa shape index (κ1) is 26.2. The van der Waals surface area contributed by atoms with Gasteiger partial charge in [0.25, 0.3) is 0 Å². The summed E-state index contributed by atoms with van der Waals surface area (Å²) < 4.78 is 24.8. The topological polar surface area (TPSA) is 91.6 Å². The van der Waals surface area contributed by atoms with E-state index in [4.69, 9.17) is 4.99 Å². The smallest absolute Gasteiger partial charge is 0.191 e. The number of halogens is 1. The second-order valence-electron chi connectivity index (χ2n) is 7.53. The fraction of sp³-hybridized carbons (Fsp3) is 0.789. The summed E-state index contributed by atoms with van der Waals surface area (Å²) in [5.74, 6) is 2.19. The molecule has 2 rings (SSSR count). The third-order valence-electron chi connectivity index (χ3n) is 5.05. The molecule has 0 bridgehead atoms. The van der Waals surface area contributed by atoms with Crippen LogP contribution in [-0.4, -0.2) is 79.6 Å². The molecule has 1 fully saturated rings. The molecule has 0 aliphatic carbocycles. The second kappa shape index (κ2) is 13.4. The normalized spacial score (nSPS) is 16.4. The van der Waals surface area contributed by atoms with Crippen LogP contribution in [0.15, 0.2) is 17.4 Å². The quantitative estimate of drug-likeness (QED) is 0.203. The van der Waals surface area contributed by atoms with Gasteiger partial charge in [-0.2, -0.15) is 0 Å². The second-order valence-corrected chi connectivity index (χ2v) is 9.79. The van der Waals surface area contributed by atoms with Crippen LogP contribution in [0, 0.1) is 6.92 Å². The Balaban J connectivity index is 0.00000420. The molecule has 8 nitrogen and oxygen atoms in total. The standard InChI is InChI=1S/C19H36N6O2S.HI/c1-4-20-19(22-9-5-6-11-25-14-10-21-17(25)2)23-18-7-12-24(13-8-18)15-16-28(3,26)27;/h10,14,18H,4-9,11-13,15-16H2,1-3H3,(H2,20,22,23);1H. The molecule has 10 heteroatoms. The van der Waals surface area contributed by atoms with E-state index >= 15 is 0 Å². The lowest BCUT2D eigenvalue weighted by Crippen LogP contribution is -2.49. The van der Waals surface area contributed by atoms with E-state index < -0.39 is 9.84 Å². The Hall–Kier alpha value is -0.880. The van der Waals surface area contributed by atoms with E-state index in [1.807, 2.05) is 19.3 Å². The van der Waals surface area contributed by atoms with Crippen molar-refractivity contribution in [3.63, 3.8) is 0 Å². The number of likely N-dealkylation sites (tertiary alicyclic amines) is 1. The number of unbranched alkanes of at least 4 members (excludes halogenated alkanes) is 1. The third-order valence-corrected chi connectivity index (χ3v) is 5.98. The third kappa shape index (κ3) is 10.6. The summed E-state index contributed by atoms with van der Waals surface area (Å²) in [6.45, 7) is 9.22. The molecular formula is C19H37IN6O2S. The van der Waals surface area contributed by atoms with Crippen LogP contribution in [0.2, 0.25) is 0 Å². The van der Waals surface area contributed by atoms with Gasteiger partial charge in [0.05, 0.1) is 5.75 Å². The summed E-state index contributed by atoms with van der Waals surface area (Å²) in [7, 11) is -2.89. The van der Waals surface area contributed by atoms with Crippen LogP contribution in [0.5, 0.6) is 0 Å². The van der Waals surface area contributed by atoms with Crippen LogP contribution in [0.25, 0.3) is 0 Å². The molecule has 0 saturated carbocycles. The lowest BCUT2D eigenvalue weighted by Gasteiger charge is -2.32. The summed E-state index contributed by atoms with van der Waals surface area (Å²) in [6, 6.07) is 0.390. The maximum Gasteiger partial charge on any atom is 0.191 e. The van der Waals surface area contributed by atoms with Crippen molar-refractivity contribution in [1.82, 2.24) is 25.1 Å². The first-order valence-electron chi connectivity index (χ1n) is 10.3. The number of aliphatic imine (C=N–C) groups is 1. The van der Waals surface area contributed by atoms with E-state index in [1.54, 1.807) is 0 Å². The van der Waals surface area contributed by atoms with Crippen LogP contribution in [-0.2, 0) is 16.4 Å². The molecule has 29 heavy (non-hydrogen) atoms. The lowest BCUT2D eigenvalue weighted by molar-refractivity contribution is 0.216. The van der Waals surface area contributed by atoms with E-state index in [9.17, 15) is 8.42 Å². The SMILES string of the molecule is CCNC(=NCCCCn1ccnc1C)NC1CCN(CCS(C)(=O)=O)CC1.I. The van der Waals surface area contributed by atoms with Crippen molar-refractivity contribution < 1.29 is 8.42 Å². The number of nitrogens with zero attached hydrogens (tertiary/aromatic N) is 4. The van der Waals surface area contributed by atoms with Gasteiger partial charge in [-0.25, -0.2) is 13.4 Å². The fourth-order valence-corrected chi connectivity index (χ4v) is 3.92. The Kier molecular flexibility index (Phi) is 12.1. The molecule has 168 valence electrons. The summed E-state index contributed by atoms with van der Waals surface area (Å²) in [4.78, 5) is 11.2. The van der Waals surface area contributed by atoms with Gasteiger partial charge in [-0.1, -0.05) is 0 Å². The molecule has 1 aliphatic heterocycles. The number of piperidine rings is 1. The fourth-order valence-electron chi connectivity index (χ4n) is 3.33. The molecule has 1 aliphatic rings. The van der Waals surface area contributed by atoms with Gasteiger partial charge in [-0.3, -0.25) is 4.99 Å². The Labute approximate surface area is 192 Å². The van der Waals surface area contributed by atoms with Crippen LogP contribution in [0.1, 0.15) is 38.4 Å². The number of hydrogen-bond acceptors (Lipinski definition) is 5. The molecule has 0 atom stereocenters. The van der Waals surface area contributed by atoms with Crippen molar-refractivity contribution in [2.45, 2.75) is 52.1 Å². The lowest BCUT2D eigenvalue weighted by atomic mass is 10.1. The number of aromatic nitrogens is 2. The number of guanidine groups is 1. The predicted molar refractivity (Wildman–Crippen MR) is 130 cm³/mol. The summed E-state index contributed by atoms with van der Waals surface area (Å²) in [6.07, 6.45) is 9.30. The zero-order valence-electron chi connectivity index (χ0n) is 17.9. The molecule has 1 aromatic rings. The number of sulfone groups is 1. The Morgan fingerprint density at radius 2 is 2.00 bits per heavy atom. The Bertz CT molecular complexity index is 714. The van der Waals surface area contributed by atoms with Gasteiger partial charge < -0.3 is 20.1 Å². The minimum absolute atomic E-state index is 0. The van der Waals surface area contributed by atoms with Crippen LogP contribution >= 0.6 is 24.0 Å². The van der Waals surface area contributed by atoms with E-state index in [0.29, 0.717) is 12.6 Å². The largest absolute Gasteiger partial charge is 0.357 e. The first-order chi connectivity index (χ1) is 13.4. The van der Waals surface area contributed by atoms with Gasteiger partial charge in [0.1, 0.15) is 15.7 Å². The number of nitrogens with one attached hydrogen (secondary N) is 2. The van der Waals surface area contributed by atoms with Crippen molar-refractivity contribution >= 4 is 39.8 Å². The Morgan fingerprint density at radius 3 is 2.59 bits per heavy atom. The van der Waals surface area contributed by atoms with Crippen molar-refractivity contribution in [1.29, 1.82) is 0 Å². The molecule has 2 N–H and O–H groups in total. The number of imidazole rings is 1. The van der Waals surface area contributed by atoms with Gasteiger partial charge in [0.2, 0.25) is 0 Å². The van der Waals surface area contributed by atoms with Crippen LogP contribution < -0.4 is 10.6 Å². The predicted octanol–water partition coefficient (Wildman–Crippen LogP) is 1.65. The van der Waals surface area contributed by atoms with Crippen LogP contribution in [0.3, 0.4) is 0 Å². The van der Waals surface area contributed by atoms with Gasteiger partial charge in [0.15, 0.2) is 5.96 Å². The van der Waals surface area contributed by atoms with E-state index in [2.05, 4.69) is 32.0 Å². The molecule has 2 heterocycles. The molecule has 0 radical (unpaired) electrons. The van der Waals surface area contributed by atoms with E-state index in [0.717, 1.165) is 70.2 Å². The highest BCUT2D eigenvalue weighted by molar-refractivity contribution is 14.0. The van der Waals surface area contributed by atoms with Gasteiger partial charge in [0, 0.05) is 64.0 Å². The molecule has 1 saturated heterocycles. The number of hydrogen-bond donors (Lipinski definition) is 2. The maximum absolute atomic E-state index is 11.3. The van der Waals surface area contributed by atoms with Crippen LogP contribution in [0.4, 0.5) is 0 Å². The first-order valence-corrected chi connectivity index (χ1v) is 12.4. The zero-order chi connectivity index (χ0) is 20.4. The number of rotatable bonds is 10. The minimum atomic E-state index is -2.89. The monoisotopic (exact) mass is 540 g/mol. The average Bonchev–Trinajstić information content (AvgIpc) is 3.05. The summed E-state index contributed by atoms with van der Waals surface area (Å²) in [5, 5.41) is 6.87. The highest BCUT2D eigenvalue weighted by Gasteiger charge is 2.20. The Morgan fingerprint density at radius 1 is 1.28 bits per heavy atom. The van der Waals surface area contributed by atoms with E-state index in [-0.39, 0.29) is 29.7 Å². The van der Waals surface area contributed by atoms with Crippen molar-refractivity contribution in [2.75, 3.05) is 44.7 Å². The van der Waals surface area contributed by atoms with Crippen molar-refractivity contribution in [3.05, 3.63) is 18.2 Å². The molecule has 0 aromatic carbocycles. The van der Waals surface area contributed by atoms with Gasteiger partial charge in [-0.15, -0.1) is 24.0 Å². The zero-order valence-corrected chi connectivity index (χ0v) is 21.1. The van der Waals surface area contributed by atoms with Gasteiger partial charge in [-0.05, 0) is 39.5 Å². The van der Waals surface area contributed by atoms with E-state index in [1.165, 1.54) is 6.26 Å². The number of aryl methyl sites for hydroxylation is 2. The summed E-state index contributed by atoms with van der Waals surface area (Å²) in [5.41, 5.74) is 0. The molecule has 0 spiro atoms. The van der Waals surface area contributed by atoms with Crippen molar-refractivity contribution in [3.8, 4) is 0 Å². The maximum atomic E-state index is 11.3. The molecule has 1 aromatic heterocycles. The van der Waals surface area contributed by atoms with Crippen molar-refractivity contribution in [2.24, 2.45) is 4.99 Å². The highest BCUT2D eigenvalue weighted by Crippen LogP contribution is 2.10.